The average Bonchev–Trinajstić information content (AvgIpc) is 2.98. The van der Waals surface area contributed by atoms with Gasteiger partial charge in [0, 0.05) is 12.3 Å². The van der Waals surface area contributed by atoms with Gasteiger partial charge in [-0.05, 0) is 53.6 Å². The van der Waals surface area contributed by atoms with E-state index >= 15 is 0 Å². The van der Waals surface area contributed by atoms with Gasteiger partial charge in [0.1, 0.15) is 0 Å². The molecule has 0 N–H and O–H groups in total. The van der Waals surface area contributed by atoms with Crippen molar-refractivity contribution >= 4 is 11.7 Å². The van der Waals surface area contributed by atoms with Crippen LogP contribution in [-0.4, -0.2) is 11.7 Å². The molecule has 0 atom stereocenters. The molecule has 2 aromatic rings. The Kier molecular flexibility index (Phi) is 6.33. The van der Waals surface area contributed by atoms with E-state index in [1.54, 1.807) is 0 Å². The average molecular weight is 378 g/mol. The molecule has 0 fully saturated rings. The molecule has 28 heavy (non-hydrogen) atoms. The minimum Gasteiger partial charge on any atom is -0.318 e. The van der Waals surface area contributed by atoms with Gasteiger partial charge < -0.3 is 4.84 Å². The summed E-state index contributed by atoms with van der Waals surface area (Å²) >= 11 is 0. The van der Waals surface area contributed by atoms with Crippen LogP contribution in [0.3, 0.4) is 0 Å². The largest absolute Gasteiger partial charge is 0.331 e. The number of oxime groups is 1. The number of benzene rings is 2. The molecular formula is C25H31NO2. The zero-order valence-electron chi connectivity index (χ0n) is 17.5. The Morgan fingerprint density at radius 1 is 0.929 bits per heavy atom. The van der Waals surface area contributed by atoms with Crippen LogP contribution in [0.25, 0.3) is 11.1 Å². The lowest BCUT2D eigenvalue weighted by molar-refractivity contribution is -0.140. The number of unbranched alkanes of at least 4 members (excludes halogenated alkanes) is 2. The summed E-state index contributed by atoms with van der Waals surface area (Å²) in [4.78, 5) is 16.0. The summed E-state index contributed by atoms with van der Waals surface area (Å²) in [6.07, 6.45) is 7.13. The fourth-order valence-corrected chi connectivity index (χ4v) is 4.49. The smallest absolute Gasteiger partial charge is 0.318 e. The van der Waals surface area contributed by atoms with Gasteiger partial charge in [0.15, 0.2) is 0 Å². The lowest BCUT2D eigenvalue weighted by Gasteiger charge is -2.33. The highest BCUT2D eigenvalue weighted by atomic mass is 16.7. The molecular weight excluding hydrogens is 346 g/mol. The number of fused-ring (bicyclic) bond motifs is 3. The first-order valence-corrected chi connectivity index (χ1v) is 10.5. The molecule has 1 aliphatic carbocycles. The number of carbonyl (C=O) groups is 1. The molecule has 2 aromatic carbocycles. The highest BCUT2D eigenvalue weighted by molar-refractivity contribution is 6.00. The zero-order chi connectivity index (χ0) is 20.1. The lowest BCUT2D eigenvalue weighted by Crippen LogP contribution is -2.25. The van der Waals surface area contributed by atoms with Crippen LogP contribution >= 0.6 is 0 Å². The number of carbonyl (C=O) groups excluding carboxylic acids is 1. The fraction of sp³-hybridized carbons (Fsp3) is 0.440. The topological polar surface area (TPSA) is 38.7 Å². The molecule has 0 heterocycles. The maximum atomic E-state index is 11.1. The van der Waals surface area contributed by atoms with Gasteiger partial charge in [-0.2, -0.15) is 0 Å². The van der Waals surface area contributed by atoms with Gasteiger partial charge in [-0.1, -0.05) is 81.1 Å². The molecule has 0 amide bonds. The Labute approximate surface area is 168 Å². The molecule has 148 valence electrons. The van der Waals surface area contributed by atoms with Gasteiger partial charge in [-0.25, -0.2) is 4.79 Å². The van der Waals surface area contributed by atoms with E-state index in [9.17, 15) is 4.79 Å². The summed E-state index contributed by atoms with van der Waals surface area (Å²) in [7, 11) is 0. The lowest BCUT2D eigenvalue weighted by atomic mass is 9.70. The van der Waals surface area contributed by atoms with E-state index in [0.29, 0.717) is 0 Å². The molecule has 0 radical (unpaired) electrons. The SMILES string of the molecule is CCCCC1(CCCC)c2ccccc2-c2ccc(/C(C)=N/OC(C)=O)cc21. The first-order valence-electron chi connectivity index (χ1n) is 10.5. The second-order valence-corrected chi connectivity index (χ2v) is 7.85. The third kappa shape index (κ3) is 3.76. The molecule has 0 saturated heterocycles. The Morgan fingerprint density at radius 3 is 2.21 bits per heavy atom. The van der Waals surface area contributed by atoms with Crippen molar-refractivity contribution in [1.29, 1.82) is 0 Å². The summed E-state index contributed by atoms with van der Waals surface area (Å²) in [6, 6.07) is 15.5. The van der Waals surface area contributed by atoms with Gasteiger partial charge in [-0.15, -0.1) is 0 Å². The van der Waals surface area contributed by atoms with E-state index in [0.717, 1.165) is 24.1 Å². The minimum absolute atomic E-state index is 0.0651. The zero-order valence-corrected chi connectivity index (χ0v) is 17.5. The first kappa shape index (κ1) is 20.3. The van der Waals surface area contributed by atoms with E-state index in [2.05, 4.69) is 61.5 Å². The highest BCUT2D eigenvalue weighted by Crippen LogP contribution is 2.54. The molecule has 0 spiro atoms. The second kappa shape index (κ2) is 8.72. The maximum Gasteiger partial charge on any atom is 0.331 e. The van der Waals surface area contributed by atoms with Crippen LogP contribution < -0.4 is 0 Å². The highest BCUT2D eigenvalue weighted by Gasteiger charge is 2.42. The third-order valence-corrected chi connectivity index (χ3v) is 5.91. The molecule has 3 nitrogen and oxygen atoms in total. The van der Waals surface area contributed by atoms with Crippen molar-refractivity contribution < 1.29 is 9.63 Å². The predicted octanol–water partition coefficient (Wildman–Crippen LogP) is 6.62. The van der Waals surface area contributed by atoms with Crippen LogP contribution in [-0.2, 0) is 15.0 Å². The summed E-state index contributed by atoms with van der Waals surface area (Å²) < 4.78 is 0. The van der Waals surface area contributed by atoms with Gasteiger partial charge in [-0.3, -0.25) is 0 Å². The summed E-state index contributed by atoms with van der Waals surface area (Å²) in [5.41, 5.74) is 7.40. The van der Waals surface area contributed by atoms with Crippen molar-refractivity contribution in [2.24, 2.45) is 5.16 Å². The Hall–Kier alpha value is -2.42. The van der Waals surface area contributed by atoms with Crippen LogP contribution in [0.1, 0.15) is 82.9 Å². The maximum absolute atomic E-state index is 11.1. The quantitative estimate of drug-likeness (QED) is 0.294. The van der Waals surface area contributed by atoms with Crippen molar-refractivity contribution in [2.45, 2.75) is 71.6 Å². The van der Waals surface area contributed by atoms with E-state index in [1.165, 1.54) is 54.9 Å². The van der Waals surface area contributed by atoms with Crippen molar-refractivity contribution in [1.82, 2.24) is 0 Å². The molecule has 3 rings (SSSR count). The Morgan fingerprint density at radius 2 is 1.57 bits per heavy atom. The summed E-state index contributed by atoms with van der Waals surface area (Å²) in [5.74, 6) is -0.395. The van der Waals surface area contributed by atoms with E-state index in [4.69, 9.17) is 4.84 Å². The van der Waals surface area contributed by atoms with E-state index in [-0.39, 0.29) is 5.41 Å². The molecule has 0 unspecified atom stereocenters. The van der Waals surface area contributed by atoms with Crippen LogP contribution in [0, 0.1) is 0 Å². The van der Waals surface area contributed by atoms with Crippen LogP contribution in [0.2, 0.25) is 0 Å². The van der Waals surface area contributed by atoms with E-state index < -0.39 is 5.97 Å². The standard InChI is InChI=1S/C25H31NO2/c1-5-7-15-25(16-8-6-2)23-12-10-9-11-21(23)22-14-13-20(17-24(22)25)18(3)26-28-19(4)27/h9-14,17H,5-8,15-16H2,1-4H3/b26-18+. The number of nitrogens with zero attached hydrogens (tertiary/aromatic N) is 1. The van der Waals surface area contributed by atoms with Crippen LogP contribution in [0.15, 0.2) is 47.6 Å². The number of hydrogen-bond donors (Lipinski definition) is 0. The van der Waals surface area contributed by atoms with Crippen molar-refractivity contribution in [2.75, 3.05) is 0 Å². The third-order valence-electron chi connectivity index (χ3n) is 5.91. The fourth-order valence-electron chi connectivity index (χ4n) is 4.49. The predicted molar refractivity (Wildman–Crippen MR) is 116 cm³/mol. The van der Waals surface area contributed by atoms with Crippen LogP contribution in [0.4, 0.5) is 0 Å². The summed E-state index contributed by atoms with van der Waals surface area (Å²) in [6.45, 7) is 7.80. The Balaban J connectivity index is 2.14. The number of rotatable bonds is 8. The summed E-state index contributed by atoms with van der Waals surface area (Å²) in [5, 5.41) is 4.01. The molecule has 3 heteroatoms. The molecule has 0 bridgehead atoms. The molecule has 0 saturated carbocycles. The first-order chi connectivity index (χ1) is 13.5. The van der Waals surface area contributed by atoms with E-state index in [1.807, 2.05) is 6.92 Å². The van der Waals surface area contributed by atoms with Crippen molar-refractivity contribution in [3.05, 3.63) is 59.2 Å². The van der Waals surface area contributed by atoms with Crippen molar-refractivity contribution in [3.8, 4) is 11.1 Å². The van der Waals surface area contributed by atoms with Crippen LogP contribution in [0.5, 0.6) is 0 Å². The molecule has 0 aliphatic heterocycles. The van der Waals surface area contributed by atoms with Gasteiger partial charge >= 0.3 is 5.97 Å². The van der Waals surface area contributed by atoms with Gasteiger partial charge in [0.05, 0.1) is 5.71 Å². The minimum atomic E-state index is -0.395. The molecule has 1 aliphatic rings. The van der Waals surface area contributed by atoms with Gasteiger partial charge in [0.25, 0.3) is 0 Å². The monoisotopic (exact) mass is 377 g/mol. The molecule has 0 aromatic heterocycles. The second-order valence-electron chi connectivity index (χ2n) is 7.85. The number of hydrogen-bond acceptors (Lipinski definition) is 3. The Bertz CT molecular complexity index is 874. The van der Waals surface area contributed by atoms with Crippen molar-refractivity contribution in [3.63, 3.8) is 0 Å². The normalized spacial score (nSPS) is 14.5. The van der Waals surface area contributed by atoms with Gasteiger partial charge in [0.2, 0.25) is 0 Å².